The summed E-state index contributed by atoms with van der Waals surface area (Å²) in [6.07, 6.45) is 4.28. The number of hydrogen-bond donors (Lipinski definition) is 1. The highest BCUT2D eigenvalue weighted by atomic mass is 16.5. The molecular weight excluding hydrogens is 330 g/mol. The molecule has 0 unspecified atom stereocenters. The summed E-state index contributed by atoms with van der Waals surface area (Å²) in [5.74, 6) is 0.965. The average molecular weight is 355 g/mol. The third-order valence-corrected chi connectivity index (χ3v) is 3.68. The van der Waals surface area contributed by atoms with Gasteiger partial charge >= 0.3 is 0 Å². The van der Waals surface area contributed by atoms with Crippen molar-refractivity contribution in [3.63, 3.8) is 0 Å². The molecule has 0 fully saturated rings. The van der Waals surface area contributed by atoms with Crippen LogP contribution in [0.5, 0.6) is 11.5 Å². The zero-order chi connectivity index (χ0) is 18.8. The van der Waals surface area contributed by atoms with Gasteiger partial charge in [0.2, 0.25) is 5.91 Å². The fourth-order valence-electron chi connectivity index (χ4n) is 2.33. The number of benzene rings is 2. The Labute approximate surface area is 154 Å². The predicted molar refractivity (Wildman–Crippen MR) is 104 cm³/mol. The van der Waals surface area contributed by atoms with Gasteiger partial charge in [0.05, 0.1) is 20.8 Å². The van der Waals surface area contributed by atoms with E-state index >= 15 is 0 Å². The van der Waals surface area contributed by atoms with Crippen molar-refractivity contribution in [3.05, 3.63) is 59.7 Å². The summed E-state index contributed by atoms with van der Waals surface area (Å²) >= 11 is 0. The maximum atomic E-state index is 12.1. The molecule has 2 aromatic rings. The van der Waals surface area contributed by atoms with Crippen LogP contribution in [0.1, 0.15) is 24.5 Å². The molecule has 0 atom stereocenters. The summed E-state index contributed by atoms with van der Waals surface area (Å²) in [5, 5.41) is 2.80. The molecule has 0 spiro atoms. The Morgan fingerprint density at radius 3 is 2.42 bits per heavy atom. The summed E-state index contributed by atoms with van der Waals surface area (Å²) < 4.78 is 15.9. The molecule has 2 rings (SSSR count). The van der Waals surface area contributed by atoms with E-state index in [9.17, 15) is 4.79 Å². The highest BCUT2D eigenvalue weighted by Gasteiger charge is 2.05. The zero-order valence-corrected chi connectivity index (χ0v) is 15.5. The van der Waals surface area contributed by atoms with E-state index in [1.165, 1.54) is 6.08 Å². The summed E-state index contributed by atoms with van der Waals surface area (Å²) in [4.78, 5) is 12.1. The van der Waals surface area contributed by atoms with Crippen LogP contribution in [-0.4, -0.2) is 26.7 Å². The molecule has 0 saturated carbocycles. The zero-order valence-electron chi connectivity index (χ0n) is 15.5. The minimum absolute atomic E-state index is 0.215. The van der Waals surface area contributed by atoms with E-state index in [1.807, 2.05) is 24.3 Å². The number of carbonyl (C=O) groups excluding carboxylic acids is 1. The van der Waals surface area contributed by atoms with E-state index in [2.05, 4.69) is 12.2 Å². The predicted octanol–water partition coefficient (Wildman–Crippen LogP) is 4.28. The van der Waals surface area contributed by atoms with Crippen molar-refractivity contribution in [2.45, 2.75) is 20.0 Å². The van der Waals surface area contributed by atoms with Gasteiger partial charge in [0.25, 0.3) is 0 Å². The fourth-order valence-corrected chi connectivity index (χ4v) is 2.33. The Morgan fingerprint density at radius 2 is 1.77 bits per heavy atom. The maximum absolute atomic E-state index is 12.1. The molecule has 5 heteroatoms. The van der Waals surface area contributed by atoms with Crippen molar-refractivity contribution in [1.29, 1.82) is 0 Å². The molecule has 0 aromatic heterocycles. The second-order valence-corrected chi connectivity index (χ2v) is 5.69. The number of hydrogen-bond acceptors (Lipinski definition) is 4. The highest BCUT2D eigenvalue weighted by molar-refractivity contribution is 6.02. The molecule has 0 bridgehead atoms. The molecule has 5 nitrogen and oxygen atoms in total. The number of amides is 1. The van der Waals surface area contributed by atoms with E-state index < -0.39 is 0 Å². The lowest BCUT2D eigenvalue weighted by atomic mass is 10.1. The van der Waals surface area contributed by atoms with Crippen LogP contribution in [0.4, 0.5) is 5.69 Å². The maximum Gasteiger partial charge on any atom is 0.248 e. The Kier molecular flexibility index (Phi) is 7.71. The molecule has 0 heterocycles. The third kappa shape index (κ3) is 5.93. The van der Waals surface area contributed by atoms with Crippen molar-refractivity contribution in [1.82, 2.24) is 0 Å². The second-order valence-electron chi connectivity index (χ2n) is 5.69. The lowest BCUT2D eigenvalue weighted by molar-refractivity contribution is -0.111. The van der Waals surface area contributed by atoms with E-state index in [4.69, 9.17) is 14.2 Å². The second kappa shape index (κ2) is 10.3. The number of methoxy groups -OCH3 is 2. The topological polar surface area (TPSA) is 56.8 Å². The lowest BCUT2D eigenvalue weighted by Crippen LogP contribution is -2.07. The first kappa shape index (κ1) is 19.5. The highest BCUT2D eigenvalue weighted by Crippen LogP contribution is 2.29. The quantitative estimate of drug-likeness (QED) is 0.539. The fraction of sp³-hybridized carbons (Fsp3) is 0.286. The van der Waals surface area contributed by atoms with Crippen LogP contribution in [0.15, 0.2) is 48.5 Å². The van der Waals surface area contributed by atoms with Gasteiger partial charge in [0.15, 0.2) is 11.5 Å². The largest absolute Gasteiger partial charge is 0.493 e. The van der Waals surface area contributed by atoms with E-state index in [-0.39, 0.29) is 5.91 Å². The Morgan fingerprint density at radius 1 is 1.04 bits per heavy atom. The van der Waals surface area contributed by atoms with Crippen molar-refractivity contribution in [2.24, 2.45) is 0 Å². The SMILES string of the molecule is CCCOCc1ccc(/C=C/C(=O)Nc2ccc(OC)c(OC)c2)cc1. The first-order chi connectivity index (χ1) is 12.7. The van der Waals surface area contributed by atoms with Crippen LogP contribution in [0.3, 0.4) is 0 Å². The monoisotopic (exact) mass is 355 g/mol. The van der Waals surface area contributed by atoms with Crippen LogP contribution in [0.25, 0.3) is 6.08 Å². The molecular formula is C21H25NO4. The molecule has 0 aliphatic carbocycles. The van der Waals surface area contributed by atoms with Crippen molar-refractivity contribution in [2.75, 3.05) is 26.1 Å². The molecule has 0 aliphatic heterocycles. The smallest absolute Gasteiger partial charge is 0.248 e. The molecule has 2 aromatic carbocycles. The van der Waals surface area contributed by atoms with Crippen molar-refractivity contribution in [3.8, 4) is 11.5 Å². The van der Waals surface area contributed by atoms with Gasteiger partial charge in [-0.15, -0.1) is 0 Å². The van der Waals surface area contributed by atoms with Crippen LogP contribution >= 0.6 is 0 Å². The first-order valence-corrected chi connectivity index (χ1v) is 8.54. The number of carbonyl (C=O) groups is 1. The minimum Gasteiger partial charge on any atom is -0.493 e. The molecule has 138 valence electrons. The molecule has 26 heavy (non-hydrogen) atoms. The van der Waals surface area contributed by atoms with Crippen LogP contribution in [0.2, 0.25) is 0 Å². The van der Waals surface area contributed by atoms with Crippen LogP contribution in [0, 0.1) is 0 Å². The Bertz CT molecular complexity index is 738. The van der Waals surface area contributed by atoms with Gasteiger partial charge in [0.1, 0.15) is 0 Å². The van der Waals surface area contributed by atoms with Crippen molar-refractivity contribution >= 4 is 17.7 Å². The van der Waals surface area contributed by atoms with Gasteiger partial charge in [-0.3, -0.25) is 4.79 Å². The van der Waals surface area contributed by atoms with Gasteiger partial charge in [-0.1, -0.05) is 31.2 Å². The molecule has 0 saturated heterocycles. The van der Waals surface area contributed by atoms with Crippen molar-refractivity contribution < 1.29 is 19.0 Å². The van der Waals surface area contributed by atoms with E-state index in [0.29, 0.717) is 23.8 Å². The number of anilines is 1. The Balaban J connectivity index is 1.92. The van der Waals surface area contributed by atoms with Gasteiger partial charge in [-0.25, -0.2) is 0 Å². The minimum atomic E-state index is -0.215. The van der Waals surface area contributed by atoms with Gasteiger partial charge < -0.3 is 19.5 Å². The normalized spacial score (nSPS) is 10.7. The van der Waals surface area contributed by atoms with Gasteiger partial charge in [-0.05, 0) is 35.8 Å². The van der Waals surface area contributed by atoms with Crippen LogP contribution in [-0.2, 0) is 16.1 Å². The summed E-state index contributed by atoms with van der Waals surface area (Å²) in [6.45, 7) is 3.45. The van der Waals surface area contributed by atoms with Crippen LogP contribution < -0.4 is 14.8 Å². The number of rotatable bonds is 9. The Hall–Kier alpha value is -2.79. The first-order valence-electron chi connectivity index (χ1n) is 8.54. The number of nitrogens with one attached hydrogen (secondary N) is 1. The van der Waals surface area contributed by atoms with Gasteiger partial charge in [-0.2, -0.15) is 0 Å². The van der Waals surface area contributed by atoms with E-state index in [1.54, 1.807) is 38.5 Å². The summed E-state index contributed by atoms with van der Waals surface area (Å²) in [7, 11) is 3.13. The number of ether oxygens (including phenoxy) is 3. The standard InChI is InChI=1S/C21H25NO4/c1-4-13-26-15-17-7-5-16(6-8-17)9-12-21(23)22-18-10-11-19(24-2)20(14-18)25-3/h5-12,14H,4,13,15H2,1-3H3,(H,22,23)/b12-9+. The molecule has 0 aliphatic rings. The lowest BCUT2D eigenvalue weighted by Gasteiger charge is -2.09. The third-order valence-electron chi connectivity index (χ3n) is 3.68. The summed E-state index contributed by atoms with van der Waals surface area (Å²) in [6, 6.07) is 13.2. The van der Waals surface area contributed by atoms with E-state index in [0.717, 1.165) is 24.2 Å². The molecule has 1 N–H and O–H groups in total. The summed E-state index contributed by atoms with van der Waals surface area (Å²) in [5.41, 5.74) is 2.71. The van der Waals surface area contributed by atoms with Gasteiger partial charge in [0, 0.05) is 24.4 Å². The molecule has 1 amide bonds. The average Bonchev–Trinajstić information content (AvgIpc) is 2.67. The molecule has 0 radical (unpaired) electrons.